The van der Waals surface area contributed by atoms with Gasteiger partial charge in [0.1, 0.15) is 0 Å². The predicted octanol–water partition coefficient (Wildman–Crippen LogP) is 2.15. The van der Waals surface area contributed by atoms with Crippen LogP contribution < -0.4 is 10.6 Å². The Morgan fingerprint density at radius 3 is 1.23 bits per heavy atom. The normalized spacial score (nSPS) is 16.6. The zero-order valence-electron chi connectivity index (χ0n) is 10.0. The number of hydrogen-bond acceptors (Lipinski definition) is 2. The molecular weight excluding hydrogens is 160 g/mol. The van der Waals surface area contributed by atoms with Crippen molar-refractivity contribution in [1.29, 1.82) is 0 Å². The molecule has 0 aromatic rings. The van der Waals surface area contributed by atoms with E-state index in [1.807, 2.05) is 0 Å². The van der Waals surface area contributed by atoms with Crippen LogP contribution >= 0.6 is 0 Å². The number of rotatable bonds is 6. The molecule has 0 aromatic heterocycles. The number of hydrogen-bond donors (Lipinski definition) is 2. The van der Waals surface area contributed by atoms with Gasteiger partial charge < -0.3 is 10.6 Å². The topological polar surface area (TPSA) is 24.1 Å². The molecule has 0 saturated heterocycles. The van der Waals surface area contributed by atoms with Gasteiger partial charge in [0.25, 0.3) is 0 Å². The van der Waals surface area contributed by atoms with E-state index in [-0.39, 0.29) is 0 Å². The smallest absolute Gasteiger partial charge is 0.00557 e. The Morgan fingerprint density at radius 1 is 0.692 bits per heavy atom. The van der Waals surface area contributed by atoms with E-state index in [0.717, 1.165) is 0 Å². The van der Waals surface area contributed by atoms with Crippen LogP contribution in [0.25, 0.3) is 0 Å². The molecule has 0 aliphatic carbocycles. The maximum Gasteiger partial charge on any atom is 0.00557 e. The van der Waals surface area contributed by atoms with Crippen molar-refractivity contribution in [1.82, 2.24) is 10.6 Å². The lowest BCUT2D eigenvalue weighted by Crippen LogP contribution is -2.40. The fourth-order valence-corrected chi connectivity index (χ4v) is 1.80. The maximum atomic E-state index is 3.51. The molecule has 0 aliphatic heterocycles. The average molecular weight is 186 g/mol. The predicted molar refractivity (Wildman–Crippen MR) is 60.1 cm³/mol. The zero-order chi connectivity index (χ0) is 10.4. The van der Waals surface area contributed by atoms with Crippen LogP contribution in [0.2, 0.25) is 0 Å². The highest BCUT2D eigenvalue weighted by Crippen LogP contribution is 1.99. The van der Waals surface area contributed by atoms with Crippen molar-refractivity contribution in [2.45, 2.75) is 72.1 Å². The van der Waals surface area contributed by atoms with Crippen LogP contribution in [0.3, 0.4) is 0 Å². The standard InChI is InChI=1S/C11H26N2/c1-8(2)12-10(5)7-11(6)13-9(3)4/h8-13H,7H2,1-6H3. The van der Waals surface area contributed by atoms with Crippen LogP contribution in [0.4, 0.5) is 0 Å². The molecule has 0 aromatic carbocycles. The van der Waals surface area contributed by atoms with Gasteiger partial charge in [-0.1, -0.05) is 27.7 Å². The van der Waals surface area contributed by atoms with Gasteiger partial charge in [0.15, 0.2) is 0 Å². The molecule has 0 radical (unpaired) electrons. The van der Waals surface area contributed by atoms with Gasteiger partial charge in [-0.3, -0.25) is 0 Å². The molecule has 0 fully saturated rings. The number of nitrogens with one attached hydrogen (secondary N) is 2. The van der Waals surface area contributed by atoms with Gasteiger partial charge in [0.2, 0.25) is 0 Å². The summed E-state index contributed by atoms with van der Waals surface area (Å²) in [6.07, 6.45) is 1.19. The van der Waals surface area contributed by atoms with Gasteiger partial charge >= 0.3 is 0 Å². The summed E-state index contributed by atoms with van der Waals surface area (Å²) in [5.41, 5.74) is 0. The Labute approximate surface area is 83.5 Å². The summed E-state index contributed by atoms with van der Waals surface area (Å²) in [5.74, 6) is 0. The quantitative estimate of drug-likeness (QED) is 0.664. The van der Waals surface area contributed by atoms with Crippen LogP contribution in [-0.4, -0.2) is 24.2 Å². The summed E-state index contributed by atoms with van der Waals surface area (Å²) < 4.78 is 0. The summed E-state index contributed by atoms with van der Waals surface area (Å²) in [6, 6.07) is 2.37. The Balaban J connectivity index is 3.58. The minimum absolute atomic E-state index is 0.584. The largest absolute Gasteiger partial charge is 0.312 e. The molecule has 0 saturated carbocycles. The average Bonchev–Trinajstić information content (AvgIpc) is 1.80. The lowest BCUT2D eigenvalue weighted by Gasteiger charge is -2.23. The highest BCUT2D eigenvalue weighted by molar-refractivity contribution is 4.72. The molecule has 2 N–H and O–H groups in total. The summed E-state index contributed by atoms with van der Waals surface area (Å²) in [7, 11) is 0. The van der Waals surface area contributed by atoms with Crippen molar-refractivity contribution < 1.29 is 0 Å². The molecule has 80 valence electrons. The van der Waals surface area contributed by atoms with Crippen molar-refractivity contribution in [2.75, 3.05) is 0 Å². The molecule has 2 nitrogen and oxygen atoms in total. The van der Waals surface area contributed by atoms with E-state index in [9.17, 15) is 0 Å². The van der Waals surface area contributed by atoms with Gasteiger partial charge in [-0.15, -0.1) is 0 Å². The highest BCUT2D eigenvalue weighted by Gasteiger charge is 2.09. The minimum Gasteiger partial charge on any atom is -0.312 e. The van der Waals surface area contributed by atoms with Gasteiger partial charge in [-0.05, 0) is 20.3 Å². The first-order valence-electron chi connectivity index (χ1n) is 5.44. The van der Waals surface area contributed by atoms with Crippen LogP contribution in [0.15, 0.2) is 0 Å². The molecule has 0 aliphatic rings. The van der Waals surface area contributed by atoms with Gasteiger partial charge in [-0.25, -0.2) is 0 Å². The maximum absolute atomic E-state index is 3.51. The lowest BCUT2D eigenvalue weighted by molar-refractivity contribution is 0.386. The molecule has 2 heteroatoms. The molecule has 0 amide bonds. The highest BCUT2D eigenvalue weighted by atomic mass is 15.0. The molecule has 0 heterocycles. The summed E-state index contributed by atoms with van der Waals surface area (Å²) in [5, 5.41) is 7.01. The van der Waals surface area contributed by atoms with Gasteiger partial charge in [0, 0.05) is 24.2 Å². The van der Waals surface area contributed by atoms with Crippen LogP contribution in [0, 0.1) is 0 Å². The van der Waals surface area contributed by atoms with E-state index >= 15 is 0 Å². The third-order valence-electron chi connectivity index (χ3n) is 1.94. The van der Waals surface area contributed by atoms with Crippen molar-refractivity contribution in [3.63, 3.8) is 0 Å². The molecule has 0 rings (SSSR count). The second-order valence-electron chi connectivity index (χ2n) is 4.68. The van der Waals surface area contributed by atoms with Crippen molar-refractivity contribution >= 4 is 0 Å². The van der Waals surface area contributed by atoms with E-state index < -0.39 is 0 Å². The molecule has 2 unspecified atom stereocenters. The van der Waals surface area contributed by atoms with Crippen LogP contribution in [-0.2, 0) is 0 Å². The molecule has 2 atom stereocenters. The van der Waals surface area contributed by atoms with Crippen molar-refractivity contribution in [2.24, 2.45) is 0 Å². The summed E-state index contributed by atoms with van der Waals surface area (Å²) in [4.78, 5) is 0. The third-order valence-corrected chi connectivity index (χ3v) is 1.94. The summed E-state index contributed by atoms with van der Waals surface area (Å²) in [6.45, 7) is 13.3. The Morgan fingerprint density at radius 2 is 1.00 bits per heavy atom. The van der Waals surface area contributed by atoms with E-state index in [1.54, 1.807) is 0 Å². The lowest BCUT2D eigenvalue weighted by atomic mass is 10.1. The molecule has 13 heavy (non-hydrogen) atoms. The molecular formula is C11H26N2. The molecule has 0 spiro atoms. The first-order valence-corrected chi connectivity index (χ1v) is 5.44. The Hall–Kier alpha value is -0.0800. The monoisotopic (exact) mass is 186 g/mol. The van der Waals surface area contributed by atoms with Crippen LogP contribution in [0.5, 0.6) is 0 Å². The third kappa shape index (κ3) is 8.26. The van der Waals surface area contributed by atoms with E-state index in [0.29, 0.717) is 24.2 Å². The van der Waals surface area contributed by atoms with E-state index in [1.165, 1.54) is 6.42 Å². The molecule has 0 bridgehead atoms. The van der Waals surface area contributed by atoms with Gasteiger partial charge in [-0.2, -0.15) is 0 Å². The minimum atomic E-state index is 0.584. The van der Waals surface area contributed by atoms with E-state index in [4.69, 9.17) is 0 Å². The SMILES string of the molecule is CC(C)NC(C)CC(C)NC(C)C. The first-order chi connectivity index (χ1) is 5.91. The van der Waals surface area contributed by atoms with Crippen molar-refractivity contribution in [3.8, 4) is 0 Å². The summed E-state index contributed by atoms with van der Waals surface area (Å²) >= 11 is 0. The van der Waals surface area contributed by atoms with E-state index in [2.05, 4.69) is 52.2 Å². The fourth-order valence-electron chi connectivity index (χ4n) is 1.80. The first kappa shape index (κ1) is 12.9. The second-order valence-corrected chi connectivity index (χ2v) is 4.68. The Kier molecular flexibility index (Phi) is 6.35. The van der Waals surface area contributed by atoms with Crippen LogP contribution in [0.1, 0.15) is 48.0 Å². The fraction of sp³-hybridized carbons (Fsp3) is 1.00. The van der Waals surface area contributed by atoms with Gasteiger partial charge in [0.05, 0.1) is 0 Å². The second kappa shape index (κ2) is 6.39. The Bertz CT molecular complexity index is 107. The van der Waals surface area contributed by atoms with Crippen molar-refractivity contribution in [3.05, 3.63) is 0 Å². The zero-order valence-corrected chi connectivity index (χ0v) is 10.0.